The largest absolute Gasteiger partial charge is 0.458 e. The van der Waals surface area contributed by atoms with Crippen LogP contribution in [0.3, 0.4) is 0 Å². The molecule has 22 heavy (non-hydrogen) atoms. The van der Waals surface area contributed by atoms with Gasteiger partial charge in [0.1, 0.15) is 6.10 Å². The van der Waals surface area contributed by atoms with Crippen molar-refractivity contribution < 1.29 is 9.53 Å². The monoisotopic (exact) mass is 298 g/mol. The summed E-state index contributed by atoms with van der Waals surface area (Å²) in [5.41, 5.74) is 6.70. The second kappa shape index (κ2) is 6.28. The van der Waals surface area contributed by atoms with Crippen molar-refractivity contribution in [2.45, 2.75) is 71.3 Å². The van der Waals surface area contributed by atoms with Crippen molar-refractivity contribution in [3.63, 3.8) is 0 Å². The van der Waals surface area contributed by atoms with E-state index in [1.807, 2.05) is 6.92 Å². The highest BCUT2D eigenvalue weighted by Gasteiger charge is 2.27. The summed E-state index contributed by atoms with van der Waals surface area (Å²) in [7, 11) is 0. The molecule has 1 aromatic carbocycles. The molecule has 0 fully saturated rings. The third-order valence-electron chi connectivity index (χ3n) is 4.88. The lowest BCUT2D eigenvalue weighted by Gasteiger charge is -2.27. The number of carbonyl (C=O) groups is 1. The lowest BCUT2D eigenvalue weighted by atomic mass is 9.84. The molecule has 118 valence electrons. The molecule has 0 saturated heterocycles. The average Bonchev–Trinajstić information content (AvgIpc) is 2.48. The van der Waals surface area contributed by atoms with Gasteiger partial charge in [0.25, 0.3) is 0 Å². The summed E-state index contributed by atoms with van der Waals surface area (Å²) in [4.78, 5) is 11.8. The van der Waals surface area contributed by atoms with Crippen LogP contribution < -0.4 is 0 Å². The van der Waals surface area contributed by atoms with Gasteiger partial charge in [-0.1, -0.05) is 37.6 Å². The van der Waals surface area contributed by atoms with E-state index in [0.717, 1.165) is 6.42 Å². The highest BCUT2D eigenvalue weighted by molar-refractivity contribution is 5.76. The molecule has 1 atom stereocenters. The fourth-order valence-electron chi connectivity index (χ4n) is 3.74. The number of carbonyl (C=O) groups excluding carboxylic acids is 1. The van der Waals surface area contributed by atoms with Crippen LogP contribution in [0.2, 0.25) is 0 Å². The quantitative estimate of drug-likeness (QED) is 0.579. The molecule has 2 aliphatic rings. The predicted octanol–water partition coefficient (Wildman–Crippen LogP) is 5.01. The van der Waals surface area contributed by atoms with Crippen molar-refractivity contribution >= 4 is 5.97 Å². The fraction of sp³-hybridized carbons (Fsp3) is 0.550. The van der Waals surface area contributed by atoms with Gasteiger partial charge < -0.3 is 4.74 Å². The highest BCUT2D eigenvalue weighted by Crippen LogP contribution is 2.35. The fourth-order valence-corrected chi connectivity index (χ4v) is 3.74. The van der Waals surface area contributed by atoms with Gasteiger partial charge in [-0.2, -0.15) is 0 Å². The number of cyclic esters (lactones) is 1. The maximum atomic E-state index is 11.8. The average molecular weight is 298 g/mol. The Labute approximate surface area is 133 Å². The summed E-state index contributed by atoms with van der Waals surface area (Å²) >= 11 is 0. The highest BCUT2D eigenvalue weighted by atomic mass is 16.5. The molecule has 3 rings (SSSR count). The van der Waals surface area contributed by atoms with E-state index < -0.39 is 0 Å². The first-order chi connectivity index (χ1) is 10.5. The SMILES string of the molecule is CC(C)c1cc(CC2=CCCCC2)cc2c1CC(=O)OC2C. The molecule has 1 aliphatic carbocycles. The summed E-state index contributed by atoms with van der Waals surface area (Å²) in [6.07, 6.45) is 8.89. The third-order valence-corrected chi connectivity index (χ3v) is 4.88. The van der Waals surface area contributed by atoms with Gasteiger partial charge in [0.2, 0.25) is 0 Å². The first-order valence-corrected chi connectivity index (χ1v) is 8.57. The normalized spacial score (nSPS) is 21.4. The molecule has 0 amide bonds. The standard InChI is InChI=1S/C20H26O2/c1-13(2)17-10-16(9-15-7-5-4-6-8-15)11-18-14(3)22-20(21)12-19(17)18/h7,10-11,13-14H,4-6,8-9,12H2,1-3H3. The van der Waals surface area contributed by atoms with E-state index in [1.165, 1.54) is 47.9 Å². The van der Waals surface area contributed by atoms with Crippen LogP contribution in [0.1, 0.15) is 80.7 Å². The van der Waals surface area contributed by atoms with Crippen molar-refractivity contribution in [2.24, 2.45) is 0 Å². The summed E-state index contributed by atoms with van der Waals surface area (Å²) < 4.78 is 5.44. The summed E-state index contributed by atoms with van der Waals surface area (Å²) in [5, 5.41) is 0. The van der Waals surface area contributed by atoms with E-state index in [2.05, 4.69) is 32.1 Å². The lowest BCUT2D eigenvalue weighted by Crippen LogP contribution is -2.22. The van der Waals surface area contributed by atoms with Crippen LogP contribution in [0.4, 0.5) is 0 Å². The topological polar surface area (TPSA) is 26.3 Å². The third kappa shape index (κ3) is 3.11. The Morgan fingerprint density at radius 2 is 2.09 bits per heavy atom. The van der Waals surface area contributed by atoms with E-state index in [0.29, 0.717) is 12.3 Å². The number of rotatable bonds is 3. The van der Waals surface area contributed by atoms with Crippen molar-refractivity contribution in [1.82, 2.24) is 0 Å². The molecular formula is C20H26O2. The zero-order valence-electron chi connectivity index (χ0n) is 13.9. The van der Waals surface area contributed by atoms with Gasteiger partial charge in [0.05, 0.1) is 6.42 Å². The molecule has 0 N–H and O–H groups in total. The van der Waals surface area contributed by atoms with Gasteiger partial charge in [-0.25, -0.2) is 0 Å². The van der Waals surface area contributed by atoms with E-state index in [9.17, 15) is 4.79 Å². The molecule has 0 spiro atoms. The first kappa shape index (κ1) is 15.3. The molecule has 1 aromatic rings. The molecule has 1 aliphatic heterocycles. The van der Waals surface area contributed by atoms with Crippen molar-refractivity contribution in [2.75, 3.05) is 0 Å². The van der Waals surface area contributed by atoms with Crippen LogP contribution in [0.5, 0.6) is 0 Å². The summed E-state index contributed by atoms with van der Waals surface area (Å²) in [6, 6.07) is 4.60. The number of allylic oxidation sites excluding steroid dienone is 2. The van der Waals surface area contributed by atoms with Gasteiger partial charge >= 0.3 is 5.97 Å². The van der Waals surface area contributed by atoms with E-state index in [1.54, 1.807) is 5.57 Å². The molecule has 0 bridgehead atoms. The number of ether oxygens (including phenoxy) is 1. The van der Waals surface area contributed by atoms with Crippen molar-refractivity contribution in [1.29, 1.82) is 0 Å². The van der Waals surface area contributed by atoms with E-state index >= 15 is 0 Å². The smallest absolute Gasteiger partial charge is 0.310 e. The zero-order valence-corrected chi connectivity index (χ0v) is 13.9. The maximum Gasteiger partial charge on any atom is 0.310 e. The molecule has 0 saturated carbocycles. The maximum absolute atomic E-state index is 11.8. The first-order valence-electron chi connectivity index (χ1n) is 8.57. The van der Waals surface area contributed by atoms with Gasteiger partial charge in [-0.15, -0.1) is 0 Å². The molecule has 2 nitrogen and oxygen atoms in total. The minimum atomic E-state index is -0.117. The van der Waals surface area contributed by atoms with Crippen molar-refractivity contribution in [3.8, 4) is 0 Å². The van der Waals surface area contributed by atoms with Crippen molar-refractivity contribution in [3.05, 3.63) is 46.0 Å². The van der Waals surface area contributed by atoms with Gasteiger partial charge in [0.15, 0.2) is 0 Å². The van der Waals surface area contributed by atoms with Gasteiger partial charge in [0, 0.05) is 0 Å². The molecule has 2 heteroatoms. The Morgan fingerprint density at radius 3 is 2.77 bits per heavy atom. The number of hydrogen-bond acceptors (Lipinski definition) is 2. The molecule has 0 radical (unpaired) electrons. The predicted molar refractivity (Wildman–Crippen MR) is 89.0 cm³/mol. The number of benzene rings is 1. The Bertz CT molecular complexity index is 593. The van der Waals surface area contributed by atoms with Crippen LogP contribution in [-0.2, 0) is 22.4 Å². The summed E-state index contributed by atoms with van der Waals surface area (Å²) in [6.45, 7) is 6.41. The minimum Gasteiger partial charge on any atom is -0.458 e. The summed E-state index contributed by atoms with van der Waals surface area (Å²) in [5.74, 6) is 0.344. The van der Waals surface area contributed by atoms with Crippen LogP contribution in [-0.4, -0.2) is 5.97 Å². The zero-order chi connectivity index (χ0) is 15.7. The molecule has 0 aromatic heterocycles. The van der Waals surface area contributed by atoms with Crippen LogP contribution in [0.15, 0.2) is 23.8 Å². The van der Waals surface area contributed by atoms with E-state index in [-0.39, 0.29) is 12.1 Å². The van der Waals surface area contributed by atoms with Crippen LogP contribution >= 0.6 is 0 Å². The van der Waals surface area contributed by atoms with Gasteiger partial charge in [-0.05, 0) is 67.2 Å². The molecular weight excluding hydrogens is 272 g/mol. The number of fused-ring (bicyclic) bond motifs is 1. The Balaban J connectivity index is 1.98. The van der Waals surface area contributed by atoms with Crippen LogP contribution in [0, 0.1) is 0 Å². The number of hydrogen-bond donors (Lipinski definition) is 0. The number of esters is 1. The second-order valence-corrected chi connectivity index (χ2v) is 7.00. The van der Waals surface area contributed by atoms with E-state index in [4.69, 9.17) is 4.74 Å². The molecule has 1 heterocycles. The Morgan fingerprint density at radius 1 is 1.27 bits per heavy atom. The Hall–Kier alpha value is -1.57. The van der Waals surface area contributed by atoms with Crippen LogP contribution in [0.25, 0.3) is 0 Å². The molecule has 1 unspecified atom stereocenters. The van der Waals surface area contributed by atoms with Gasteiger partial charge in [-0.3, -0.25) is 4.79 Å². The minimum absolute atomic E-state index is 0.0929. The second-order valence-electron chi connectivity index (χ2n) is 7.00. The lowest BCUT2D eigenvalue weighted by molar-refractivity contribution is -0.149. The Kier molecular flexibility index (Phi) is 4.37.